The summed E-state index contributed by atoms with van der Waals surface area (Å²) < 4.78 is 25.5. The van der Waals surface area contributed by atoms with E-state index in [1.54, 1.807) is 0 Å². The van der Waals surface area contributed by atoms with E-state index in [0.29, 0.717) is 11.1 Å². The number of hydrogen-bond donors (Lipinski definition) is 2. The normalized spacial score (nSPS) is 18.7. The number of rotatable bonds is 4. The first kappa shape index (κ1) is 15.7. The average molecular weight is 300 g/mol. The van der Waals surface area contributed by atoms with Crippen molar-refractivity contribution in [2.24, 2.45) is 5.41 Å². The second-order valence-electron chi connectivity index (χ2n) is 6.38. The number of amides is 2. The van der Waals surface area contributed by atoms with Gasteiger partial charge < -0.3 is 10.6 Å². The zero-order chi connectivity index (χ0) is 15.5. The van der Waals surface area contributed by atoms with Crippen LogP contribution in [-0.4, -0.2) is 28.3 Å². The Morgan fingerprint density at radius 2 is 2.14 bits per heavy atom. The maximum atomic E-state index is 12.2. The first-order valence-electron chi connectivity index (χ1n) is 7.22. The molecule has 0 bridgehead atoms. The van der Waals surface area contributed by atoms with Crippen molar-refractivity contribution in [1.82, 2.24) is 15.1 Å². The molecule has 1 aromatic rings. The molecule has 0 saturated heterocycles. The predicted molar refractivity (Wildman–Crippen MR) is 76.4 cm³/mol. The summed E-state index contributed by atoms with van der Waals surface area (Å²) in [4.78, 5) is 11.9. The smallest absolute Gasteiger partial charge is 0.319 e. The highest BCUT2D eigenvalue weighted by atomic mass is 19.3. The lowest BCUT2D eigenvalue weighted by molar-refractivity contribution is 0.122. The molecule has 5 nitrogen and oxygen atoms in total. The van der Waals surface area contributed by atoms with Gasteiger partial charge in [0, 0.05) is 12.2 Å². The number of urea groups is 1. The molecule has 1 aliphatic carbocycles. The van der Waals surface area contributed by atoms with E-state index in [9.17, 15) is 13.6 Å². The Labute approximate surface area is 123 Å². The highest BCUT2D eigenvalue weighted by Gasteiger charge is 2.27. The van der Waals surface area contributed by atoms with Crippen LogP contribution >= 0.6 is 0 Å². The van der Waals surface area contributed by atoms with Crippen LogP contribution in [-0.2, 0) is 6.54 Å². The monoisotopic (exact) mass is 300 g/mol. The second-order valence-corrected chi connectivity index (χ2v) is 6.38. The van der Waals surface area contributed by atoms with Crippen LogP contribution in [0.5, 0.6) is 0 Å². The largest absolute Gasteiger partial charge is 0.335 e. The summed E-state index contributed by atoms with van der Waals surface area (Å²) in [6, 6.07) is -0.134. The zero-order valence-corrected chi connectivity index (χ0v) is 12.4. The zero-order valence-electron chi connectivity index (χ0n) is 12.4. The fourth-order valence-corrected chi connectivity index (χ4v) is 2.57. The third kappa shape index (κ3) is 4.99. The molecule has 1 saturated carbocycles. The molecule has 0 spiro atoms. The minimum absolute atomic E-state index is 0.175. The first-order chi connectivity index (χ1) is 9.84. The van der Waals surface area contributed by atoms with Gasteiger partial charge in [0.15, 0.2) is 0 Å². The van der Waals surface area contributed by atoms with Gasteiger partial charge in [-0.3, -0.25) is 4.68 Å². The molecule has 0 aromatic carbocycles. The van der Waals surface area contributed by atoms with Gasteiger partial charge in [-0.25, -0.2) is 13.6 Å². The van der Waals surface area contributed by atoms with Gasteiger partial charge in [0.25, 0.3) is 6.43 Å². The van der Waals surface area contributed by atoms with Gasteiger partial charge in [-0.1, -0.05) is 13.8 Å². The summed E-state index contributed by atoms with van der Waals surface area (Å²) in [5.41, 5.74) is 0.773. The van der Waals surface area contributed by atoms with Crippen molar-refractivity contribution in [1.29, 1.82) is 0 Å². The molecule has 1 fully saturated rings. The fourth-order valence-electron chi connectivity index (χ4n) is 2.57. The van der Waals surface area contributed by atoms with E-state index in [4.69, 9.17) is 0 Å². The highest BCUT2D eigenvalue weighted by Crippen LogP contribution is 2.34. The lowest BCUT2D eigenvalue weighted by Crippen LogP contribution is -2.41. The molecule has 0 unspecified atom stereocenters. The fraction of sp³-hybridized carbons (Fsp3) is 0.714. The Hall–Kier alpha value is -1.66. The van der Waals surface area contributed by atoms with Gasteiger partial charge in [0.1, 0.15) is 6.54 Å². The minimum atomic E-state index is -2.46. The van der Waals surface area contributed by atoms with Crippen molar-refractivity contribution >= 4 is 11.7 Å². The van der Waals surface area contributed by atoms with Crippen LogP contribution in [0.2, 0.25) is 0 Å². The van der Waals surface area contributed by atoms with Crippen LogP contribution in [0.3, 0.4) is 0 Å². The summed E-state index contributed by atoms with van der Waals surface area (Å²) in [5, 5.41) is 9.31. The van der Waals surface area contributed by atoms with Gasteiger partial charge in [-0.15, -0.1) is 0 Å². The maximum absolute atomic E-state index is 12.2. The topological polar surface area (TPSA) is 59.0 Å². The third-order valence-electron chi connectivity index (χ3n) is 3.89. The first-order valence-corrected chi connectivity index (χ1v) is 7.22. The molecule has 0 aliphatic heterocycles. The van der Waals surface area contributed by atoms with Crippen LogP contribution in [0.4, 0.5) is 19.3 Å². The van der Waals surface area contributed by atoms with Crippen molar-refractivity contribution in [2.75, 3.05) is 5.32 Å². The average Bonchev–Trinajstić information content (AvgIpc) is 2.78. The Balaban J connectivity index is 1.78. The van der Waals surface area contributed by atoms with Gasteiger partial charge in [0.05, 0.1) is 11.9 Å². The molecule has 2 rings (SSSR count). The quantitative estimate of drug-likeness (QED) is 0.897. The molecule has 1 heterocycles. The number of nitrogens with one attached hydrogen (secondary N) is 2. The standard InChI is InChI=1S/C14H22F2N4O/c1-14(2)5-3-10(4-6-14)18-13(21)19-11-7-17-20(8-11)9-12(15)16/h7-8,10,12H,3-6,9H2,1-2H3,(H2,18,19,21). The molecular weight excluding hydrogens is 278 g/mol. The summed E-state index contributed by atoms with van der Waals surface area (Å²) >= 11 is 0. The summed E-state index contributed by atoms with van der Waals surface area (Å²) in [6.45, 7) is 4.00. The molecule has 0 radical (unpaired) electrons. The van der Waals surface area contributed by atoms with Crippen LogP contribution < -0.4 is 10.6 Å². The molecular formula is C14H22F2N4O. The number of nitrogens with zero attached hydrogens (tertiary/aromatic N) is 2. The van der Waals surface area contributed by atoms with Crippen molar-refractivity contribution in [2.45, 2.75) is 58.5 Å². The SMILES string of the molecule is CC1(C)CCC(NC(=O)Nc2cnn(CC(F)F)c2)CC1. The lowest BCUT2D eigenvalue weighted by atomic mass is 9.76. The Kier molecular flexibility index (Phi) is 4.80. The Bertz CT molecular complexity index is 477. The third-order valence-corrected chi connectivity index (χ3v) is 3.89. The molecule has 2 N–H and O–H groups in total. The van der Waals surface area contributed by atoms with Crippen molar-refractivity contribution in [3.63, 3.8) is 0 Å². The van der Waals surface area contributed by atoms with Gasteiger partial charge >= 0.3 is 6.03 Å². The van der Waals surface area contributed by atoms with Crippen LogP contribution in [0.1, 0.15) is 39.5 Å². The summed E-state index contributed by atoms with van der Waals surface area (Å²) in [6.07, 6.45) is 4.41. The number of anilines is 1. The molecule has 2 amide bonds. The molecule has 7 heteroatoms. The van der Waals surface area contributed by atoms with Gasteiger partial charge in [-0.05, 0) is 31.1 Å². The molecule has 21 heavy (non-hydrogen) atoms. The number of carbonyl (C=O) groups excluding carboxylic acids is 1. The molecule has 1 aromatic heterocycles. The van der Waals surface area contributed by atoms with Crippen molar-refractivity contribution in [3.05, 3.63) is 12.4 Å². The molecule has 118 valence electrons. The van der Waals surface area contributed by atoms with E-state index < -0.39 is 13.0 Å². The number of halogens is 2. The molecule has 0 atom stereocenters. The van der Waals surface area contributed by atoms with Crippen molar-refractivity contribution < 1.29 is 13.6 Å². The van der Waals surface area contributed by atoms with E-state index in [-0.39, 0.29) is 12.1 Å². The van der Waals surface area contributed by atoms with E-state index in [1.165, 1.54) is 12.4 Å². The second kappa shape index (κ2) is 6.41. The molecule has 1 aliphatic rings. The van der Waals surface area contributed by atoms with E-state index >= 15 is 0 Å². The van der Waals surface area contributed by atoms with E-state index in [1.807, 2.05) is 0 Å². The minimum Gasteiger partial charge on any atom is -0.335 e. The van der Waals surface area contributed by atoms with Gasteiger partial charge in [0.2, 0.25) is 0 Å². The maximum Gasteiger partial charge on any atom is 0.319 e. The number of carbonyl (C=O) groups is 1. The van der Waals surface area contributed by atoms with Crippen LogP contribution in [0, 0.1) is 5.41 Å². The lowest BCUT2D eigenvalue weighted by Gasteiger charge is -2.34. The predicted octanol–water partition coefficient (Wildman–Crippen LogP) is 3.24. The summed E-state index contributed by atoms with van der Waals surface area (Å²) in [7, 11) is 0. The highest BCUT2D eigenvalue weighted by molar-refractivity contribution is 5.89. The van der Waals surface area contributed by atoms with E-state index in [2.05, 4.69) is 29.6 Å². The van der Waals surface area contributed by atoms with Crippen molar-refractivity contribution in [3.8, 4) is 0 Å². The number of aromatic nitrogens is 2. The van der Waals surface area contributed by atoms with Crippen LogP contribution in [0.15, 0.2) is 12.4 Å². The van der Waals surface area contributed by atoms with Gasteiger partial charge in [-0.2, -0.15) is 5.10 Å². The number of hydrogen-bond acceptors (Lipinski definition) is 2. The van der Waals surface area contributed by atoms with E-state index in [0.717, 1.165) is 30.4 Å². The Morgan fingerprint density at radius 3 is 2.76 bits per heavy atom. The Morgan fingerprint density at radius 1 is 1.48 bits per heavy atom. The van der Waals surface area contributed by atoms with Crippen LogP contribution in [0.25, 0.3) is 0 Å². The summed E-state index contributed by atoms with van der Waals surface area (Å²) in [5.74, 6) is 0. The number of alkyl halides is 2.